The lowest BCUT2D eigenvalue weighted by atomic mass is 9.83. The minimum Gasteiger partial charge on any atom is -0.333 e. The lowest BCUT2D eigenvalue weighted by Crippen LogP contribution is -2.31. The van der Waals surface area contributed by atoms with Gasteiger partial charge in [-0.15, -0.1) is 0 Å². The van der Waals surface area contributed by atoms with Crippen LogP contribution in [0, 0.1) is 5.92 Å². The predicted molar refractivity (Wildman–Crippen MR) is 227 cm³/mol. The topological polar surface area (TPSA) is 32.9 Å². The van der Waals surface area contributed by atoms with Gasteiger partial charge in [-0.1, -0.05) is 91.1 Å². The van der Waals surface area contributed by atoms with Crippen LogP contribution in [0.1, 0.15) is 84.5 Å². The summed E-state index contributed by atoms with van der Waals surface area (Å²) < 4.78 is 16.6. The van der Waals surface area contributed by atoms with E-state index in [2.05, 4.69) is 131 Å². The molecule has 3 heterocycles. The van der Waals surface area contributed by atoms with Gasteiger partial charge in [0.25, 0.3) is 0 Å². The minimum absolute atomic E-state index is 0.157. The molecule has 0 saturated heterocycles. The monoisotopic (exact) mass is 720 g/mol. The molecule has 272 valence electrons. The highest BCUT2D eigenvalue weighted by Gasteiger charge is 2.37. The Labute approximate surface area is 323 Å². The normalized spacial score (nSPS) is 28.2. The van der Waals surface area contributed by atoms with Crippen LogP contribution in [0.2, 0.25) is 0 Å². The first-order valence-electron chi connectivity index (χ1n) is 20.4. The summed E-state index contributed by atoms with van der Waals surface area (Å²) in [7, 11) is 0. The minimum atomic E-state index is -0.890. The Morgan fingerprint density at radius 2 is 1.51 bits per heavy atom. The molecule has 5 heteroatoms. The number of aromatic nitrogens is 1. The highest BCUT2D eigenvalue weighted by molar-refractivity contribution is 6.20. The van der Waals surface area contributed by atoms with E-state index in [0.29, 0.717) is 12.3 Å². The zero-order valence-electron chi connectivity index (χ0n) is 31.1. The first-order valence-corrected chi connectivity index (χ1v) is 20.4. The molecule has 11 rings (SSSR count). The molecule has 7 aliphatic carbocycles. The predicted octanol–water partition coefficient (Wildman–Crippen LogP) is 11.3. The first-order chi connectivity index (χ1) is 27.2. The number of halogens is 1. The Bertz CT molecular complexity index is 2460. The van der Waals surface area contributed by atoms with Crippen molar-refractivity contribution in [2.75, 3.05) is 4.90 Å². The highest BCUT2D eigenvalue weighted by Crippen LogP contribution is 2.48. The van der Waals surface area contributed by atoms with Gasteiger partial charge in [-0.3, -0.25) is 4.99 Å². The molecule has 0 amide bonds. The average molecular weight is 721 g/mol. The van der Waals surface area contributed by atoms with Crippen LogP contribution in [-0.4, -0.2) is 34.4 Å². The van der Waals surface area contributed by atoms with Gasteiger partial charge in [0.1, 0.15) is 12.0 Å². The van der Waals surface area contributed by atoms with Gasteiger partial charge in [-0.25, -0.2) is 9.38 Å². The second-order valence-corrected chi connectivity index (χ2v) is 16.1. The summed E-state index contributed by atoms with van der Waals surface area (Å²) in [6.45, 7) is 0. The van der Waals surface area contributed by atoms with Crippen LogP contribution in [-0.2, 0) is 12.8 Å². The quantitative estimate of drug-likeness (QED) is 0.303. The van der Waals surface area contributed by atoms with Crippen molar-refractivity contribution in [1.82, 2.24) is 4.57 Å². The highest BCUT2D eigenvalue weighted by atomic mass is 19.1. The summed E-state index contributed by atoms with van der Waals surface area (Å²) >= 11 is 0. The third-order valence-corrected chi connectivity index (χ3v) is 12.9. The molecule has 1 aromatic heterocycles. The molecule has 55 heavy (non-hydrogen) atoms. The van der Waals surface area contributed by atoms with Crippen molar-refractivity contribution >= 4 is 40.7 Å². The number of alkyl halides is 1. The standard InChI is InChI=1S/C50H45FN4/c51-36-22-26-38(27-23-36)55-46-17-9-6-13-40(46)43-31-35(21-29-48(43)55)34-20-28-47-42(30-34)39-12-5-8-16-45(39)54(47)37-24-18-33(19-25-37)50-52-44-15-7-4-14-41(44)49(53-50)32-10-2-1-3-11-32/h1-2,4,6-10,13-14,16,18,20-22,24-29,31,33-34,36,44,46H,3,5,11-12,15,17,19,23,30H2. The molecule has 4 nitrogen and oxygen atoms in total. The van der Waals surface area contributed by atoms with E-state index in [1.165, 1.54) is 61.7 Å². The molecular formula is C50H45FN4. The number of amidine groups is 1. The largest absolute Gasteiger partial charge is 0.333 e. The van der Waals surface area contributed by atoms with Gasteiger partial charge in [0, 0.05) is 57.9 Å². The molecule has 2 aromatic rings. The average Bonchev–Trinajstić information content (AvgIpc) is 3.76. The Morgan fingerprint density at radius 1 is 0.691 bits per heavy atom. The fourth-order valence-corrected chi connectivity index (χ4v) is 10.1. The number of aliphatic imine (C=N–C) groups is 2. The maximum absolute atomic E-state index is 14.0. The second-order valence-electron chi connectivity index (χ2n) is 16.1. The molecule has 0 N–H and O–H groups in total. The molecule has 5 unspecified atom stereocenters. The fourth-order valence-electron chi connectivity index (χ4n) is 10.1. The lowest BCUT2D eigenvalue weighted by Gasteiger charge is -2.30. The fraction of sp³-hybridized carbons (Fsp3) is 0.280. The summed E-state index contributed by atoms with van der Waals surface area (Å²) in [5, 5.41) is 0. The number of anilines is 1. The van der Waals surface area contributed by atoms with Gasteiger partial charge in [-0.05, 0) is 122 Å². The van der Waals surface area contributed by atoms with E-state index in [1.807, 2.05) is 6.08 Å². The Kier molecular flexibility index (Phi) is 7.96. The number of allylic oxidation sites excluding steroid dienone is 16. The summed E-state index contributed by atoms with van der Waals surface area (Å²) in [6.07, 6.45) is 50.0. The molecule has 0 fully saturated rings. The number of fused-ring (bicyclic) bond motifs is 7. The molecule has 0 bridgehead atoms. The van der Waals surface area contributed by atoms with Crippen LogP contribution in [0.3, 0.4) is 0 Å². The number of nitrogens with zero attached hydrogens (tertiary/aromatic N) is 4. The Hall–Kier alpha value is -5.55. The zero-order valence-corrected chi connectivity index (χ0v) is 31.1. The summed E-state index contributed by atoms with van der Waals surface area (Å²) in [5.74, 6) is 1.44. The first kappa shape index (κ1) is 32.8. The Balaban J connectivity index is 0.890. The van der Waals surface area contributed by atoms with Crippen molar-refractivity contribution in [1.29, 1.82) is 0 Å². The van der Waals surface area contributed by atoms with E-state index in [1.54, 1.807) is 6.08 Å². The SMILES string of the molecule is FC1C=CC(N2c3ccc(C4C=Cc5c(c6c(n5C5=CCC(C7=NC8CC=CC=C8C(C8=CC=CCC8)=N7)C=C5)C=CCC6)C4)cc3C3=CC=CCC32)=CC1. The van der Waals surface area contributed by atoms with Gasteiger partial charge in [-0.2, -0.15) is 0 Å². The van der Waals surface area contributed by atoms with Crippen molar-refractivity contribution in [2.24, 2.45) is 15.9 Å². The van der Waals surface area contributed by atoms with Crippen LogP contribution in [0.15, 0.2) is 148 Å². The molecule has 5 atom stereocenters. The van der Waals surface area contributed by atoms with E-state index >= 15 is 0 Å². The smallest absolute Gasteiger partial charge is 0.131 e. The van der Waals surface area contributed by atoms with E-state index in [9.17, 15) is 4.39 Å². The van der Waals surface area contributed by atoms with Crippen LogP contribution >= 0.6 is 0 Å². The number of hydrogen-bond donors (Lipinski definition) is 0. The maximum Gasteiger partial charge on any atom is 0.131 e. The molecule has 2 aliphatic heterocycles. The van der Waals surface area contributed by atoms with Gasteiger partial charge in [0.2, 0.25) is 0 Å². The third kappa shape index (κ3) is 5.53. The van der Waals surface area contributed by atoms with E-state index in [-0.39, 0.29) is 18.0 Å². The van der Waals surface area contributed by atoms with Crippen LogP contribution in [0.5, 0.6) is 0 Å². The van der Waals surface area contributed by atoms with E-state index in [0.717, 1.165) is 68.6 Å². The summed E-state index contributed by atoms with van der Waals surface area (Å²) in [4.78, 5) is 13.0. The van der Waals surface area contributed by atoms with Gasteiger partial charge < -0.3 is 9.47 Å². The second kappa shape index (κ2) is 13.3. The van der Waals surface area contributed by atoms with Gasteiger partial charge in [0.05, 0.1) is 17.8 Å². The third-order valence-electron chi connectivity index (χ3n) is 12.9. The van der Waals surface area contributed by atoms with E-state index < -0.39 is 6.17 Å². The van der Waals surface area contributed by atoms with Crippen molar-refractivity contribution in [3.63, 3.8) is 0 Å². The van der Waals surface area contributed by atoms with Crippen LogP contribution in [0.25, 0.3) is 23.4 Å². The van der Waals surface area contributed by atoms with Crippen molar-refractivity contribution in [3.8, 4) is 0 Å². The summed E-state index contributed by atoms with van der Waals surface area (Å²) in [6, 6.07) is 7.51. The maximum atomic E-state index is 14.0. The van der Waals surface area contributed by atoms with Crippen molar-refractivity contribution in [3.05, 3.63) is 172 Å². The van der Waals surface area contributed by atoms with Gasteiger partial charge in [0.15, 0.2) is 0 Å². The van der Waals surface area contributed by atoms with Crippen LogP contribution < -0.4 is 4.90 Å². The van der Waals surface area contributed by atoms with Crippen molar-refractivity contribution in [2.45, 2.75) is 82.0 Å². The molecule has 0 saturated carbocycles. The number of benzene rings is 1. The molecule has 9 aliphatic rings. The van der Waals surface area contributed by atoms with Crippen molar-refractivity contribution < 1.29 is 4.39 Å². The lowest BCUT2D eigenvalue weighted by molar-refractivity contribution is 0.400. The molecular weight excluding hydrogens is 676 g/mol. The molecule has 0 radical (unpaired) electrons. The van der Waals surface area contributed by atoms with E-state index in [4.69, 9.17) is 9.98 Å². The number of hydrogen-bond acceptors (Lipinski definition) is 3. The van der Waals surface area contributed by atoms with Gasteiger partial charge >= 0.3 is 0 Å². The van der Waals surface area contributed by atoms with Crippen LogP contribution in [0.4, 0.5) is 10.1 Å². The molecule has 0 spiro atoms. The Morgan fingerprint density at radius 3 is 2.36 bits per heavy atom. The molecule has 1 aromatic carbocycles. The zero-order chi connectivity index (χ0) is 36.5. The summed E-state index contributed by atoms with van der Waals surface area (Å²) in [5.41, 5.74) is 17.1. The number of rotatable bonds is 5.